The van der Waals surface area contributed by atoms with Crippen molar-refractivity contribution in [1.82, 2.24) is 15.3 Å². The van der Waals surface area contributed by atoms with E-state index in [2.05, 4.69) is 25.9 Å². The van der Waals surface area contributed by atoms with Crippen LogP contribution in [0.1, 0.15) is 43.5 Å². The molecule has 0 unspecified atom stereocenters. The Kier molecular flexibility index (Phi) is 6.86. The molecule has 28 heavy (non-hydrogen) atoms. The van der Waals surface area contributed by atoms with Gasteiger partial charge in [-0.2, -0.15) is 0 Å². The molecule has 1 fully saturated rings. The van der Waals surface area contributed by atoms with Gasteiger partial charge in [-0.3, -0.25) is 5.32 Å². The number of benzene rings is 1. The quantitative estimate of drug-likeness (QED) is 0.405. The first kappa shape index (κ1) is 20.1. The minimum Gasteiger partial charge on any atom is -0.332 e. The predicted molar refractivity (Wildman–Crippen MR) is 115 cm³/mol. The normalized spacial score (nSPS) is 15.2. The molecular weight excluding hydrogens is 375 g/mol. The molecule has 1 aromatic heterocycles. The lowest BCUT2D eigenvalue weighted by atomic mass is 9.96. The van der Waals surface area contributed by atoms with Gasteiger partial charge in [-0.15, -0.1) is 0 Å². The van der Waals surface area contributed by atoms with Crippen LogP contribution in [0.5, 0.6) is 0 Å². The first-order chi connectivity index (χ1) is 13.5. The van der Waals surface area contributed by atoms with Crippen LogP contribution in [-0.4, -0.2) is 27.1 Å². The fourth-order valence-corrected chi connectivity index (χ4v) is 3.39. The Morgan fingerprint density at radius 3 is 2.32 bits per heavy atom. The molecule has 0 radical (unpaired) electrons. The number of hydrogen-bond donors (Lipinski definition) is 3. The van der Waals surface area contributed by atoms with Crippen LogP contribution < -0.4 is 16.0 Å². The van der Waals surface area contributed by atoms with E-state index in [-0.39, 0.29) is 11.9 Å². The van der Waals surface area contributed by atoms with E-state index in [1.807, 2.05) is 19.9 Å². The van der Waals surface area contributed by atoms with Crippen molar-refractivity contribution in [3.8, 4) is 0 Å². The predicted octanol–water partition coefficient (Wildman–Crippen LogP) is 4.32. The van der Waals surface area contributed by atoms with Gasteiger partial charge >= 0.3 is 0 Å². The molecule has 1 aromatic carbocycles. The molecule has 1 saturated carbocycles. The molecule has 148 valence electrons. The monoisotopic (exact) mass is 400 g/mol. The number of rotatable bonds is 3. The van der Waals surface area contributed by atoms with Gasteiger partial charge in [0.15, 0.2) is 5.11 Å². The van der Waals surface area contributed by atoms with Crippen LogP contribution in [0.2, 0.25) is 0 Å². The van der Waals surface area contributed by atoms with Crippen molar-refractivity contribution in [2.45, 2.75) is 52.0 Å². The Labute approximate surface area is 170 Å². The molecule has 3 rings (SSSR count). The first-order valence-electron chi connectivity index (χ1n) is 9.48. The van der Waals surface area contributed by atoms with Crippen LogP contribution in [0.25, 0.3) is 0 Å². The highest BCUT2D eigenvalue weighted by atomic mass is 32.1. The van der Waals surface area contributed by atoms with Gasteiger partial charge in [0.2, 0.25) is 11.9 Å². The number of nitrogens with one attached hydrogen (secondary N) is 3. The fraction of sp³-hybridized carbons (Fsp3) is 0.400. The van der Waals surface area contributed by atoms with Crippen molar-refractivity contribution in [3.05, 3.63) is 47.5 Å². The Balaban J connectivity index is 1.73. The number of aliphatic imine (C=N–C) groups is 1. The van der Waals surface area contributed by atoms with Crippen molar-refractivity contribution in [1.29, 1.82) is 0 Å². The zero-order valence-electron chi connectivity index (χ0n) is 16.1. The van der Waals surface area contributed by atoms with Crippen molar-refractivity contribution in [2.24, 2.45) is 4.99 Å². The van der Waals surface area contributed by atoms with E-state index in [0.717, 1.165) is 24.2 Å². The number of guanidine groups is 1. The highest BCUT2D eigenvalue weighted by Crippen LogP contribution is 2.20. The number of thiocarbonyl (C=S) groups is 1. The molecule has 0 bridgehead atoms. The maximum absolute atomic E-state index is 13.1. The minimum absolute atomic E-state index is 0.239. The Morgan fingerprint density at radius 1 is 1.04 bits per heavy atom. The van der Waals surface area contributed by atoms with Crippen molar-refractivity contribution in [2.75, 3.05) is 10.6 Å². The van der Waals surface area contributed by atoms with Gasteiger partial charge in [0, 0.05) is 17.1 Å². The van der Waals surface area contributed by atoms with Crippen LogP contribution >= 0.6 is 12.2 Å². The summed E-state index contributed by atoms with van der Waals surface area (Å²) in [5.74, 6) is 0.693. The number of anilines is 2. The number of halogens is 1. The van der Waals surface area contributed by atoms with E-state index in [1.54, 1.807) is 12.1 Å². The highest BCUT2D eigenvalue weighted by Gasteiger charge is 2.15. The third kappa shape index (κ3) is 6.23. The van der Waals surface area contributed by atoms with Crippen LogP contribution in [0.3, 0.4) is 0 Å². The Hall–Kier alpha value is -2.61. The molecule has 0 amide bonds. The number of aromatic nitrogens is 2. The third-order valence-electron chi connectivity index (χ3n) is 4.43. The van der Waals surface area contributed by atoms with E-state index in [9.17, 15) is 4.39 Å². The standard InChI is InChI=1S/C20H25FN6S/c1-13-12-14(2)23-18(22-13)26-19(24-16-6-4-3-5-7-16)27-20(28)25-17-10-8-15(21)9-11-17/h8-12,16H,3-7H2,1-2H3,(H3,22,23,24,25,26,27,28). The van der Waals surface area contributed by atoms with Gasteiger partial charge in [-0.1, -0.05) is 19.3 Å². The molecule has 0 aliphatic heterocycles. The number of hydrogen-bond acceptors (Lipinski definition) is 4. The van der Waals surface area contributed by atoms with Gasteiger partial charge in [-0.25, -0.2) is 19.4 Å². The maximum atomic E-state index is 13.1. The van der Waals surface area contributed by atoms with E-state index < -0.39 is 0 Å². The summed E-state index contributed by atoms with van der Waals surface area (Å²) in [4.78, 5) is 13.7. The molecular formula is C20H25FN6S. The molecule has 3 N–H and O–H groups in total. The Morgan fingerprint density at radius 2 is 1.68 bits per heavy atom. The molecule has 6 nitrogen and oxygen atoms in total. The summed E-state index contributed by atoms with van der Waals surface area (Å²) < 4.78 is 13.1. The molecule has 0 spiro atoms. The summed E-state index contributed by atoms with van der Waals surface area (Å²) in [5.41, 5.74) is 2.44. The second kappa shape index (κ2) is 9.54. The van der Waals surface area contributed by atoms with Crippen molar-refractivity contribution >= 4 is 34.9 Å². The van der Waals surface area contributed by atoms with Crippen LogP contribution in [-0.2, 0) is 0 Å². The van der Waals surface area contributed by atoms with E-state index in [4.69, 9.17) is 17.2 Å². The molecule has 1 aliphatic rings. The van der Waals surface area contributed by atoms with Crippen LogP contribution in [0.15, 0.2) is 35.3 Å². The third-order valence-corrected chi connectivity index (χ3v) is 4.64. The summed E-state index contributed by atoms with van der Waals surface area (Å²) in [5, 5.41) is 9.66. The van der Waals surface area contributed by atoms with E-state index in [0.29, 0.717) is 22.7 Å². The van der Waals surface area contributed by atoms with Gasteiger partial charge in [0.25, 0.3) is 0 Å². The van der Waals surface area contributed by atoms with Crippen molar-refractivity contribution in [3.63, 3.8) is 0 Å². The molecule has 0 saturated heterocycles. The topological polar surface area (TPSA) is 74.2 Å². The van der Waals surface area contributed by atoms with Gasteiger partial charge in [0.05, 0.1) is 6.04 Å². The molecule has 8 heteroatoms. The minimum atomic E-state index is -0.294. The summed E-state index contributed by atoms with van der Waals surface area (Å²) >= 11 is 5.40. The average Bonchev–Trinajstić information content (AvgIpc) is 2.63. The SMILES string of the molecule is Cc1cc(C)nc(NC(=NC2CCCCC2)NC(=S)Nc2ccc(F)cc2)n1. The summed E-state index contributed by atoms with van der Waals surface area (Å²) in [7, 11) is 0. The largest absolute Gasteiger partial charge is 0.332 e. The zero-order chi connectivity index (χ0) is 19.9. The summed E-state index contributed by atoms with van der Waals surface area (Å²) in [6.07, 6.45) is 5.73. The molecule has 1 heterocycles. The smallest absolute Gasteiger partial charge is 0.229 e. The van der Waals surface area contributed by atoms with E-state index in [1.165, 1.54) is 31.4 Å². The number of nitrogens with zero attached hydrogens (tertiary/aromatic N) is 3. The lowest BCUT2D eigenvalue weighted by Crippen LogP contribution is -2.40. The summed E-state index contributed by atoms with van der Waals surface area (Å²) in [6.45, 7) is 3.85. The number of aryl methyl sites for hydroxylation is 2. The summed E-state index contributed by atoms with van der Waals surface area (Å²) in [6, 6.07) is 8.16. The second-order valence-corrected chi connectivity index (χ2v) is 7.36. The van der Waals surface area contributed by atoms with Crippen LogP contribution in [0.4, 0.5) is 16.0 Å². The molecule has 0 atom stereocenters. The van der Waals surface area contributed by atoms with E-state index >= 15 is 0 Å². The van der Waals surface area contributed by atoms with Crippen LogP contribution in [0, 0.1) is 19.7 Å². The van der Waals surface area contributed by atoms with Gasteiger partial charge < -0.3 is 10.6 Å². The molecule has 1 aliphatic carbocycles. The van der Waals surface area contributed by atoms with Crippen molar-refractivity contribution < 1.29 is 4.39 Å². The highest BCUT2D eigenvalue weighted by molar-refractivity contribution is 7.80. The van der Waals surface area contributed by atoms with Gasteiger partial charge in [0.1, 0.15) is 5.82 Å². The second-order valence-electron chi connectivity index (χ2n) is 6.95. The fourth-order valence-electron chi connectivity index (χ4n) is 3.18. The average molecular weight is 401 g/mol. The maximum Gasteiger partial charge on any atom is 0.229 e. The molecule has 2 aromatic rings. The lowest BCUT2D eigenvalue weighted by Gasteiger charge is -2.20. The van der Waals surface area contributed by atoms with Gasteiger partial charge in [-0.05, 0) is 69.2 Å². The zero-order valence-corrected chi connectivity index (χ0v) is 16.9. The Bertz CT molecular complexity index is 826. The lowest BCUT2D eigenvalue weighted by molar-refractivity contribution is 0.443. The first-order valence-corrected chi connectivity index (χ1v) is 9.89.